The molecule has 0 amide bonds. The lowest BCUT2D eigenvalue weighted by atomic mass is 9.95. The number of ether oxygens (including phenoxy) is 1. The standard InChI is InChI=1S/C14H20BrClN2O/c1-4-14(5-2,19-6-3)13-17-11(9-7-8-9)10(15)12(16)18-13/h9H,4-8H2,1-3H3. The van der Waals surface area contributed by atoms with Crippen LogP contribution in [0.5, 0.6) is 0 Å². The highest BCUT2D eigenvalue weighted by molar-refractivity contribution is 9.10. The first-order valence-corrected chi connectivity index (χ1v) is 8.12. The summed E-state index contributed by atoms with van der Waals surface area (Å²) in [6.07, 6.45) is 4.06. The molecule has 1 aromatic rings. The van der Waals surface area contributed by atoms with Gasteiger partial charge in [0.1, 0.15) is 10.8 Å². The van der Waals surface area contributed by atoms with Crippen molar-refractivity contribution >= 4 is 27.5 Å². The lowest BCUT2D eigenvalue weighted by molar-refractivity contribution is -0.0573. The van der Waals surface area contributed by atoms with Crippen LogP contribution in [0.1, 0.15) is 63.9 Å². The molecule has 106 valence electrons. The summed E-state index contributed by atoms with van der Waals surface area (Å²) in [5.41, 5.74) is 0.629. The second-order valence-corrected chi connectivity index (χ2v) is 6.10. The molecule has 0 N–H and O–H groups in total. The first-order chi connectivity index (χ1) is 9.07. The third-order valence-electron chi connectivity index (χ3n) is 3.77. The number of nitrogens with zero attached hydrogens (tertiary/aromatic N) is 2. The maximum absolute atomic E-state index is 6.26. The molecular weight excluding hydrogens is 328 g/mol. The van der Waals surface area contributed by atoms with Crippen LogP contribution < -0.4 is 0 Å². The molecule has 2 rings (SSSR count). The summed E-state index contributed by atoms with van der Waals surface area (Å²) >= 11 is 9.76. The van der Waals surface area contributed by atoms with Crippen molar-refractivity contribution in [2.24, 2.45) is 0 Å². The van der Waals surface area contributed by atoms with E-state index in [4.69, 9.17) is 21.3 Å². The van der Waals surface area contributed by atoms with Crippen LogP contribution in [0.4, 0.5) is 0 Å². The number of halogens is 2. The van der Waals surface area contributed by atoms with Gasteiger partial charge in [0.2, 0.25) is 0 Å². The largest absolute Gasteiger partial charge is 0.367 e. The van der Waals surface area contributed by atoms with Crippen LogP contribution in [-0.4, -0.2) is 16.6 Å². The van der Waals surface area contributed by atoms with Crippen molar-refractivity contribution in [2.45, 2.75) is 58.0 Å². The maximum Gasteiger partial charge on any atom is 0.162 e. The zero-order valence-corrected chi connectivity index (χ0v) is 14.0. The fourth-order valence-electron chi connectivity index (χ4n) is 2.38. The molecule has 3 nitrogen and oxygen atoms in total. The fraction of sp³-hybridized carbons (Fsp3) is 0.714. The summed E-state index contributed by atoms with van der Waals surface area (Å²) in [7, 11) is 0. The van der Waals surface area contributed by atoms with Crippen molar-refractivity contribution in [2.75, 3.05) is 6.61 Å². The highest BCUT2D eigenvalue weighted by atomic mass is 79.9. The predicted octanol–water partition coefficient (Wildman–Crippen LogP) is 4.82. The summed E-state index contributed by atoms with van der Waals surface area (Å²) in [6, 6.07) is 0. The number of rotatable bonds is 6. The average molecular weight is 348 g/mol. The van der Waals surface area contributed by atoms with Crippen LogP contribution in [0.3, 0.4) is 0 Å². The minimum atomic E-state index is -0.414. The molecule has 1 heterocycles. The molecule has 1 aliphatic carbocycles. The van der Waals surface area contributed by atoms with Gasteiger partial charge in [-0.2, -0.15) is 0 Å². The normalized spacial score (nSPS) is 15.8. The topological polar surface area (TPSA) is 35.0 Å². The van der Waals surface area contributed by atoms with Crippen LogP contribution in [-0.2, 0) is 10.3 Å². The Hall–Kier alpha value is -0.190. The Morgan fingerprint density at radius 2 is 1.89 bits per heavy atom. The SMILES string of the molecule is CCOC(CC)(CC)c1nc(Cl)c(Br)c(C2CC2)n1. The quantitative estimate of drug-likeness (QED) is 0.692. The second kappa shape index (κ2) is 6.06. The van der Waals surface area contributed by atoms with Gasteiger partial charge in [0, 0.05) is 12.5 Å². The van der Waals surface area contributed by atoms with Crippen LogP contribution in [0.25, 0.3) is 0 Å². The van der Waals surface area contributed by atoms with Gasteiger partial charge in [0.25, 0.3) is 0 Å². The van der Waals surface area contributed by atoms with E-state index in [0.717, 1.165) is 28.8 Å². The minimum Gasteiger partial charge on any atom is -0.367 e. The molecule has 0 aliphatic heterocycles. The molecular formula is C14H20BrClN2O. The Balaban J connectivity index is 2.47. The molecule has 0 spiro atoms. The molecule has 0 radical (unpaired) electrons. The van der Waals surface area contributed by atoms with E-state index in [1.165, 1.54) is 12.8 Å². The highest BCUT2D eigenvalue weighted by Gasteiger charge is 2.36. The number of hydrogen-bond acceptors (Lipinski definition) is 3. The van der Waals surface area contributed by atoms with Gasteiger partial charge in [-0.3, -0.25) is 0 Å². The zero-order chi connectivity index (χ0) is 14.0. The third kappa shape index (κ3) is 2.96. The number of aromatic nitrogens is 2. The van der Waals surface area contributed by atoms with E-state index < -0.39 is 5.60 Å². The molecule has 5 heteroatoms. The van der Waals surface area contributed by atoms with Crippen molar-refractivity contribution in [1.82, 2.24) is 9.97 Å². The van der Waals surface area contributed by atoms with Crippen molar-refractivity contribution in [3.63, 3.8) is 0 Å². The van der Waals surface area contributed by atoms with Crippen LogP contribution >= 0.6 is 27.5 Å². The summed E-state index contributed by atoms with van der Waals surface area (Å²) in [4.78, 5) is 9.22. The van der Waals surface area contributed by atoms with Crippen LogP contribution in [0.15, 0.2) is 4.47 Å². The van der Waals surface area contributed by atoms with E-state index in [2.05, 4.69) is 34.8 Å². The first kappa shape index (κ1) is 15.2. The first-order valence-electron chi connectivity index (χ1n) is 6.95. The monoisotopic (exact) mass is 346 g/mol. The Morgan fingerprint density at radius 3 is 2.37 bits per heavy atom. The molecule has 1 aromatic heterocycles. The minimum absolute atomic E-state index is 0.414. The van der Waals surface area contributed by atoms with Gasteiger partial charge < -0.3 is 4.74 Å². The average Bonchev–Trinajstić information content (AvgIpc) is 3.23. The third-order valence-corrected chi connectivity index (χ3v) is 5.05. The lowest BCUT2D eigenvalue weighted by Gasteiger charge is -2.30. The predicted molar refractivity (Wildman–Crippen MR) is 80.6 cm³/mol. The molecule has 1 aliphatic rings. The smallest absolute Gasteiger partial charge is 0.162 e. The summed E-state index contributed by atoms with van der Waals surface area (Å²) < 4.78 is 6.81. The van der Waals surface area contributed by atoms with Gasteiger partial charge in [0.15, 0.2) is 5.82 Å². The van der Waals surface area contributed by atoms with Crippen LogP contribution in [0.2, 0.25) is 5.15 Å². The van der Waals surface area contributed by atoms with Gasteiger partial charge in [-0.25, -0.2) is 9.97 Å². The van der Waals surface area contributed by atoms with E-state index in [1.54, 1.807) is 0 Å². The molecule has 1 fully saturated rings. The fourth-order valence-corrected chi connectivity index (χ4v) is 3.06. The summed E-state index contributed by atoms with van der Waals surface area (Å²) in [6.45, 7) is 6.87. The van der Waals surface area contributed by atoms with Crippen molar-refractivity contribution in [3.05, 3.63) is 21.1 Å². The highest BCUT2D eigenvalue weighted by Crippen LogP contribution is 2.45. The van der Waals surface area contributed by atoms with Gasteiger partial charge >= 0.3 is 0 Å². The molecule has 1 saturated carbocycles. The molecule has 0 saturated heterocycles. The Morgan fingerprint density at radius 1 is 1.26 bits per heavy atom. The van der Waals surface area contributed by atoms with Crippen molar-refractivity contribution in [1.29, 1.82) is 0 Å². The molecule has 0 unspecified atom stereocenters. The van der Waals surface area contributed by atoms with Gasteiger partial charge in [-0.1, -0.05) is 25.4 Å². The summed E-state index contributed by atoms with van der Waals surface area (Å²) in [5, 5.41) is 0.498. The maximum atomic E-state index is 6.26. The second-order valence-electron chi connectivity index (χ2n) is 4.95. The Kier molecular flexibility index (Phi) is 4.85. The van der Waals surface area contributed by atoms with Gasteiger partial charge in [-0.05, 0) is 48.5 Å². The zero-order valence-electron chi connectivity index (χ0n) is 11.7. The van der Waals surface area contributed by atoms with Crippen molar-refractivity contribution in [3.8, 4) is 0 Å². The molecule has 0 bridgehead atoms. The van der Waals surface area contributed by atoms with Crippen molar-refractivity contribution < 1.29 is 4.74 Å². The molecule has 0 atom stereocenters. The molecule has 19 heavy (non-hydrogen) atoms. The Labute approximate surface area is 128 Å². The molecule has 0 aromatic carbocycles. The summed E-state index contributed by atoms with van der Waals surface area (Å²) in [5.74, 6) is 1.26. The Bertz CT molecular complexity index is 459. The van der Waals surface area contributed by atoms with E-state index in [-0.39, 0.29) is 0 Å². The van der Waals surface area contributed by atoms with E-state index in [0.29, 0.717) is 17.7 Å². The number of hydrogen-bond donors (Lipinski definition) is 0. The van der Waals surface area contributed by atoms with E-state index >= 15 is 0 Å². The van der Waals surface area contributed by atoms with Gasteiger partial charge in [0.05, 0.1) is 10.2 Å². The van der Waals surface area contributed by atoms with Gasteiger partial charge in [-0.15, -0.1) is 0 Å². The van der Waals surface area contributed by atoms with Crippen LogP contribution in [0, 0.1) is 0 Å². The van der Waals surface area contributed by atoms with E-state index in [9.17, 15) is 0 Å². The lowest BCUT2D eigenvalue weighted by Crippen LogP contribution is -2.31. The van der Waals surface area contributed by atoms with E-state index in [1.807, 2.05) is 6.92 Å².